The maximum Gasteiger partial charge on any atom is 0.131 e. The number of likely N-dealkylation sites (N-methyl/N-ethyl adjacent to an activating group) is 1. The number of ether oxygens (including phenoxy) is 3. The van der Waals surface area contributed by atoms with Crippen molar-refractivity contribution in [1.29, 1.82) is 0 Å². The van der Waals surface area contributed by atoms with Crippen LogP contribution in [0.15, 0.2) is 18.2 Å². The van der Waals surface area contributed by atoms with Crippen LogP contribution >= 0.6 is 0 Å². The first kappa shape index (κ1) is 16.2. The molecule has 0 aliphatic carbocycles. The van der Waals surface area contributed by atoms with E-state index in [1.54, 1.807) is 19.2 Å². The molecule has 0 unspecified atom stereocenters. The Morgan fingerprint density at radius 2 is 2.14 bits per heavy atom. The fourth-order valence-corrected chi connectivity index (χ4v) is 2.60. The number of aliphatic hydroxyl groups excluding tert-OH is 1. The van der Waals surface area contributed by atoms with Gasteiger partial charge in [0.25, 0.3) is 0 Å². The first-order valence-corrected chi connectivity index (χ1v) is 6.88. The Bertz CT molecular complexity index is 471. The van der Waals surface area contributed by atoms with Crippen molar-refractivity contribution in [3.05, 3.63) is 29.6 Å². The van der Waals surface area contributed by atoms with Crippen molar-refractivity contribution in [2.75, 3.05) is 34.5 Å². The van der Waals surface area contributed by atoms with Crippen LogP contribution in [-0.2, 0) is 16.0 Å². The zero-order valence-corrected chi connectivity index (χ0v) is 12.6. The molecule has 0 radical (unpaired) electrons. The molecule has 1 aromatic carbocycles. The third kappa shape index (κ3) is 3.52. The Balaban J connectivity index is 2.12. The summed E-state index contributed by atoms with van der Waals surface area (Å²) in [5.74, 6) is 0.173. The summed E-state index contributed by atoms with van der Waals surface area (Å²) in [6.07, 6.45) is -1.04. The number of methoxy groups -OCH3 is 2. The molecule has 1 N–H and O–H groups in total. The zero-order chi connectivity index (χ0) is 15.4. The van der Waals surface area contributed by atoms with E-state index in [9.17, 15) is 9.50 Å². The van der Waals surface area contributed by atoms with Gasteiger partial charge in [0.1, 0.15) is 23.8 Å². The van der Waals surface area contributed by atoms with E-state index in [2.05, 4.69) is 0 Å². The maximum atomic E-state index is 14.0. The minimum atomic E-state index is -0.675. The summed E-state index contributed by atoms with van der Waals surface area (Å²) in [4.78, 5) is 1.86. The molecule has 118 valence electrons. The third-order valence-electron chi connectivity index (χ3n) is 3.92. The molecular formula is C15H22FNO4. The molecule has 21 heavy (non-hydrogen) atoms. The fourth-order valence-electron chi connectivity index (χ4n) is 2.60. The van der Waals surface area contributed by atoms with Gasteiger partial charge in [0.15, 0.2) is 0 Å². The van der Waals surface area contributed by atoms with Gasteiger partial charge in [-0.3, -0.25) is 4.90 Å². The second-order valence-electron chi connectivity index (χ2n) is 5.21. The Morgan fingerprint density at radius 1 is 1.38 bits per heavy atom. The molecule has 1 saturated heterocycles. The van der Waals surface area contributed by atoms with E-state index in [0.29, 0.717) is 31.1 Å². The van der Waals surface area contributed by atoms with Gasteiger partial charge in [-0.05, 0) is 19.2 Å². The normalized spacial score (nSPS) is 26.1. The van der Waals surface area contributed by atoms with Crippen LogP contribution in [0.3, 0.4) is 0 Å². The quantitative estimate of drug-likeness (QED) is 0.880. The highest BCUT2D eigenvalue weighted by Crippen LogP contribution is 2.25. The Labute approximate surface area is 124 Å². The average molecular weight is 299 g/mol. The van der Waals surface area contributed by atoms with Gasteiger partial charge in [-0.1, -0.05) is 6.07 Å². The smallest absolute Gasteiger partial charge is 0.131 e. The molecule has 2 rings (SSSR count). The summed E-state index contributed by atoms with van der Waals surface area (Å²) < 4.78 is 29.8. The van der Waals surface area contributed by atoms with Crippen LogP contribution < -0.4 is 4.74 Å². The molecule has 0 spiro atoms. The molecule has 3 atom stereocenters. The van der Waals surface area contributed by atoms with Gasteiger partial charge in [0.05, 0.1) is 26.4 Å². The summed E-state index contributed by atoms with van der Waals surface area (Å²) >= 11 is 0. The predicted molar refractivity (Wildman–Crippen MR) is 75.8 cm³/mol. The van der Waals surface area contributed by atoms with Crippen LogP contribution in [0.25, 0.3) is 0 Å². The van der Waals surface area contributed by atoms with E-state index >= 15 is 0 Å². The second kappa shape index (κ2) is 7.17. The van der Waals surface area contributed by atoms with Gasteiger partial charge >= 0.3 is 0 Å². The minimum Gasteiger partial charge on any atom is -0.496 e. The predicted octanol–water partition coefficient (Wildman–Crippen LogP) is 1.04. The van der Waals surface area contributed by atoms with E-state index in [0.717, 1.165) is 0 Å². The molecule has 1 heterocycles. The van der Waals surface area contributed by atoms with Crippen LogP contribution in [0.2, 0.25) is 0 Å². The summed E-state index contributed by atoms with van der Waals surface area (Å²) in [7, 11) is 4.87. The van der Waals surface area contributed by atoms with E-state index < -0.39 is 6.10 Å². The van der Waals surface area contributed by atoms with Crippen molar-refractivity contribution in [2.45, 2.75) is 24.8 Å². The average Bonchev–Trinajstić information content (AvgIpc) is 2.49. The fraction of sp³-hybridized carbons (Fsp3) is 0.600. The molecule has 5 nitrogen and oxygen atoms in total. The first-order valence-electron chi connectivity index (χ1n) is 6.88. The van der Waals surface area contributed by atoms with Crippen LogP contribution in [-0.4, -0.2) is 62.7 Å². The molecule has 1 aliphatic rings. The number of benzene rings is 1. The lowest BCUT2D eigenvalue weighted by Gasteiger charge is -2.39. The van der Waals surface area contributed by atoms with Gasteiger partial charge in [-0.25, -0.2) is 4.39 Å². The maximum absolute atomic E-state index is 14.0. The van der Waals surface area contributed by atoms with Gasteiger partial charge in [-0.15, -0.1) is 0 Å². The minimum absolute atomic E-state index is 0.256. The van der Waals surface area contributed by atoms with Crippen molar-refractivity contribution in [3.8, 4) is 5.75 Å². The second-order valence-corrected chi connectivity index (χ2v) is 5.21. The standard InChI is InChI=1S/C15H22FNO4/c1-17(12-8-21-9-14(20-3)15(12)18)7-10-11(16)5-4-6-13(10)19-2/h4-6,12,14-15,18H,7-9H2,1-3H3/t12-,14-,15+/m1/s1. The highest BCUT2D eigenvalue weighted by molar-refractivity contribution is 5.34. The van der Waals surface area contributed by atoms with Gasteiger partial charge < -0.3 is 19.3 Å². The van der Waals surface area contributed by atoms with E-state index in [1.807, 2.05) is 11.9 Å². The lowest BCUT2D eigenvalue weighted by Crippen LogP contribution is -2.55. The number of aliphatic hydroxyl groups is 1. The number of rotatable bonds is 5. The molecule has 0 saturated carbocycles. The van der Waals surface area contributed by atoms with Crippen molar-refractivity contribution >= 4 is 0 Å². The van der Waals surface area contributed by atoms with Gasteiger partial charge in [0.2, 0.25) is 0 Å². The van der Waals surface area contributed by atoms with Crippen LogP contribution in [0.1, 0.15) is 5.56 Å². The largest absolute Gasteiger partial charge is 0.496 e. The number of nitrogens with zero attached hydrogens (tertiary/aromatic N) is 1. The Hall–Kier alpha value is -1.21. The zero-order valence-electron chi connectivity index (χ0n) is 12.6. The van der Waals surface area contributed by atoms with Crippen LogP contribution in [0, 0.1) is 5.82 Å². The van der Waals surface area contributed by atoms with Crippen molar-refractivity contribution in [1.82, 2.24) is 4.90 Å². The molecule has 6 heteroatoms. The SMILES string of the molecule is COc1cccc(F)c1CN(C)[C@@H]1COC[C@@H](OC)[C@H]1O. The highest BCUT2D eigenvalue weighted by Gasteiger charge is 2.35. The topological polar surface area (TPSA) is 51.2 Å². The first-order chi connectivity index (χ1) is 10.1. The highest BCUT2D eigenvalue weighted by atomic mass is 19.1. The molecule has 1 aliphatic heterocycles. The lowest BCUT2D eigenvalue weighted by molar-refractivity contribution is -0.142. The van der Waals surface area contributed by atoms with Gasteiger partial charge in [-0.2, -0.15) is 0 Å². The summed E-state index contributed by atoms with van der Waals surface area (Å²) in [5, 5.41) is 10.3. The molecular weight excluding hydrogens is 277 g/mol. The van der Waals surface area contributed by atoms with E-state index in [-0.39, 0.29) is 18.0 Å². The van der Waals surface area contributed by atoms with Crippen molar-refractivity contribution < 1.29 is 23.7 Å². The van der Waals surface area contributed by atoms with Crippen LogP contribution in [0.5, 0.6) is 5.75 Å². The summed E-state index contributed by atoms with van der Waals surface area (Å²) in [5.41, 5.74) is 0.467. The van der Waals surface area contributed by atoms with Crippen molar-refractivity contribution in [3.63, 3.8) is 0 Å². The Morgan fingerprint density at radius 3 is 2.81 bits per heavy atom. The molecule has 0 aromatic heterocycles. The van der Waals surface area contributed by atoms with E-state index in [4.69, 9.17) is 14.2 Å². The molecule has 0 bridgehead atoms. The van der Waals surface area contributed by atoms with Crippen LogP contribution in [0.4, 0.5) is 4.39 Å². The Kier molecular flexibility index (Phi) is 5.52. The lowest BCUT2D eigenvalue weighted by atomic mass is 10.0. The number of hydrogen-bond donors (Lipinski definition) is 1. The number of halogens is 1. The summed E-state index contributed by atoms with van der Waals surface area (Å²) in [6.45, 7) is 1.07. The van der Waals surface area contributed by atoms with E-state index in [1.165, 1.54) is 13.2 Å². The third-order valence-corrected chi connectivity index (χ3v) is 3.92. The van der Waals surface area contributed by atoms with Crippen molar-refractivity contribution in [2.24, 2.45) is 0 Å². The molecule has 1 fully saturated rings. The molecule has 0 amide bonds. The number of hydrogen-bond acceptors (Lipinski definition) is 5. The monoisotopic (exact) mass is 299 g/mol. The molecule has 1 aromatic rings. The van der Waals surface area contributed by atoms with Gasteiger partial charge in [0, 0.05) is 19.2 Å². The summed E-state index contributed by atoms with van der Waals surface area (Å²) in [6, 6.07) is 4.47.